The third-order valence-electron chi connectivity index (χ3n) is 2.93. The molecule has 0 aromatic heterocycles. The second-order valence-corrected chi connectivity index (χ2v) is 8.11. The zero-order valence-corrected chi connectivity index (χ0v) is 14.7. The van der Waals surface area contributed by atoms with Gasteiger partial charge in [-0.15, -0.1) is 0 Å². The van der Waals surface area contributed by atoms with Crippen LogP contribution in [-0.2, 0) is 0 Å². The van der Waals surface area contributed by atoms with Crippen molar-refractivity contribution in [1.82, 2.24) is 5.32 Å². The fraction of sp³-hybridized carbons (Fsp3) is 0.562. The van der Waals surface area contributed by atoms with Crippen LogP contribution in [0.3, 0.4) is 0 Å². The van der Waals surface area contributed by atoms with E-state index in [9.17, 15) is 9.90 Å². The molecule has 0 saturated carbocycles. The van der Waals surface area contributed by atoms with Gasteiger partial charge >= 0.3 is 0 Å². The van der Waals surface area contributed by atoms with Gasteiger partial charge in [0.25, 0.3) is 5.91 Å². The lowest BCUT2D eigenvalue weighted by atomic mass is 9.81. The average molecular weight is 342 g/mol. The molecular formula is C16H24BrNO2. The summed E-state index contributed by atoms with van der Waals surface area (Å²) in [4.78, 5) is 12.4. The summed E-state index contributed by atoms with van der Waals surface area (Å²) >= 11 is 3.35. The van der Waals surface area contributed by atoms with Crippen LogP contribution in [-0.4, -0.2) is 16.6 Å². The highest BCUT2D eigenvalue weighted by Gasteiger charge is 2.28. The molecule has 1 rings (SSSR count). The van der Waals surface area contributed by atoms with Crippen molar-refractivity contribution in [2.45, 2.75) is 53.5 Å². The lowest BCUT2D eigenvalue weighted by Gasteiger charge is -2.33. The second kappa shape index (κ2) is 5.76. The highest BCUT2D eigenvalue weighted by Crippen LogP contribution is 2.29. The van der Waals surface area contributed by atoms with Crippen LogP contribution < -0.4 is 5.32 Å². The number of phenols is 1. The van der Waals surface area contributed by atoms with Gasteiger partial charge in [-0.3, -0.25) is 4.79 Å². The molecule has 0 fully saturated rings. The highest BCUT2D eigenvalue weighted by atomic mass is 79.9. The number of rotatable bonds is 3. The van der Waals surface area contributed by atoms with Crippen LogP contribution in [0.1, 0.15) is 57.0 Å². The second-order valence-electron chi connectivity index (χ2n) is 7.19. The Bertz CT molecular complexity index is 516. The van der Waals surface area contributed by atoms with Gasteiger partial charge in [0.1, 0.15) is 5.75 Å². The van der Waals surface area contributed by atoms with Crippen molar-refractivity contribution in [2.24, 2.45) is 5.41 Å². The molecule has 4 heteroatoms. The third-order valence-corrected chi connectivity index (χ3v) is 3.39. The van der Waals surface area contributed by atoms with Crippen molar-refractivity contribution in [2.75, 3.05) is 0 Å². The molecule has 0 heterocycles. The molecular weight excluding hydrogens is 318 g/mol. The summed E-state index contributed by atoms with van der Waals surface area (Å²) in [5.41, 5.74) is 0.765. The molecule has 0 bridgehead atoms. The summed E-state index contributed by atoms with van der Waals surface area (Å²) in [6, 6.07) is 3.43. The Morgan fingerprint density at radius 2 is 1.80 bits per heavy atom. The van der Waals surface area contributed by atoms with E-state index in [-0.39, 0.29) is 22.6 Å². The molecule has 2 N–H and O–H groups in total. The van der Waals surface area contributed by atoms with E-state index < -0.39 is 0 Å². The summed E-state index contributed by atoms with van der Waals surface area (Å²) in [5, 5.41) is 13.0. The Kier molecular flexibility index (Phi) is 4.90. The lowest BCUT2D eigenvalue weighted by Crippen LogP contribution is -2.45. The van der Waals surface area contributed by atoms with E-state index in [0.29, 0.717) is 11.1 Å². The molecule has 1 aromatic carbocycles. The molecule has 0 spiro atoms. The number of aryl methyl sites for hydroxylation is 1. The van der Waals surface area contributed by atoms with E-state index in [0.717, 1.165) is 10.9 Å². The predicted molar refractivity (Wildman–Crippen MR) is 86.2 cm³/mol. The maximum Gasteiger partial charge on any atom is 0.255 e. The van der Waals surface area contributed by atoms with Gasteiger partial charge in [-0.2, -0.15) is 0 Å². The molecule has 20 heavy (non-hydrogen) atoms. The first-order valence-corrected chi connectivity index (χ1v) is 7.52. The van der Waals surface area contributed by atoms with Gasteiger partial charge in [0, 0.05) is 10.0 Å². The van der Waals surface area contributed by atoms with Crippen molar-refractivity contribution in [3.05, 3.63) is 27.7 Å². The Balaban J connectivity index is 2.97. The van der Waals surface area contributed by atoms with E-state index in [1.165, 1.54) is 0 Å². The number of amides is 1. The fourth-order valence-electron chi connectivity index (χ4n) is 2.65. The van der Waals surface area contributed by atoms with Gasteiger partial charge in [-0.25, -0.2) is 0 Å². The summed E-state index contributed by atoms with van der Waals surface area (Å²) in [7, 11) is 0. The summed E-state index contributed by atoms with van der Waals surface area (Å²) < 4.78 is 0.784. The van der Waals surface area contributed by atoms with Crippen LogP contribution in [0.4, 0.5) is 0 Å². The Hall–Kier alpha value is -1.03. The summed E-state index contributed by atoms with van der Waals surface area (Å²) in [6.45, 7) is 12.2. The van der Waals surface area contributed by atoms with Crippen LogP contribution in [0.2, 0.25) is 0 Å². The molecule has 0 atom stereocenters. The van der Waals surface area contributed by atoms with Crippen LogP contribution in [0.15, 0.2) is 16.6 Å². The molecule has 0 aliphatic rings. The molecule has 0 aliphatic heterocycles. The molecule has 112 valence electrons. The maximum atomic E-state index is 12.4. The van der Waals surface area contributed by atoms with Crippen LogP contribution >= 0.6 is 15.9 Å². The summed E-state index contributed by atoms with van der Waals surface area (Å²) in [6.07, 6.45) is 0.847. The number of benzene rings is 1. The number of carbonyl (C=O) groups is 1. The summed E-state index contributed by atoms with van der Waals surface area (Å²) in [5.74, 6) is -0.210. The number of phenolic OH excluding ortho intramolecular Hbond substituents is 1. The zero-order chi connectivity index (χ0) is 15.7. The van der Waals surface area contributed by atoms with Crippen molar-refractivity contribution in [3.8, 4) is 5.75 Å². The maximum absolute atomic E-state index is 12.4. The minimum Gasteiger partial charge on any atom is -0.507 e. The molecule has 1 aromatic rings. The molecule has 1 amide bonds. The molecule has 0 saturated heterocycles. The largest absolute Gasteiger partial charge is 0.507 e. The number of halogens is 1. The van der Waals surface area contributed by atoms with Crippen molar-refractivity contribution >= 4 is 21.8 Å². The number of hydrogen-bond donors (Lipinski definition) is 2. The van der Waals surface area contributed by atoms with Crippen molar-refractivity contribution < 1.29 is 9.90 Å². The Labute approximate surface area is 129 Å². The number of carbonyl (C=O) groups excluding carboxylic acids is 1. The molecule has 0 radical (unpaired) electrons. The first kappa shape index (κ1) is 17.0. The van der Waals surface area contributed by atoms with Gasteiger partial charge in [0.15, 0.2) is 0 Å². The number of nitrogens with one attached hydrogen (secondary N) is 1. The Morgan fingerprint density at radius 1 is 1.25 bits per heavy atom. The van der Waals surface area contributed by atoms with Gasteiger partial charge in [-0.05, 0) is 50.3 Å². The van der Waals surface area contributed by atoms with Gasteiger partial charge in [0.2, 0.25) is 0 Å². The fourth-order valence-corrected chi connectivity index (χ4v) is 3.23. The van der Waals surface area contributed by atoms with E-state index in [4.69, 9.17) is 0 Å². The number of hydrogen-bond acceptors (Lipinski definition) is 2. The molecule has 3 nitrogen and oxygen atoms in total. The monoisotopic (exact) mass is 341 g/mol. The standard InChI is InChI=1S/C16H24BrNO2/c1-10-7-11(17)8-12(13(10)19)14(20)18-16(5,6)9-15(2,3)4/h7-8,19H,9H2,1-6H3,(H,18,20). The Morgan fingerprint density at radius 3 is 2.30 bits per heavy atom. The van der Waals surface area contributed by atoms with E-state index in [1.54, 1.807) is 19.1 Å². The van der Waals surface area contributed by atoms with Crippen LogP contribution in [0.25, 0.3) is 0 Å². The van der Waals surface area contributed by atoms with Crippen LogP contribution in [0, 0.1) is 12.3 Å². The average Bonchev–Trinajstić information content (AvgIpc) is 2.18. The minimum absolute atomic E-state index is 0.0391. The molecule has 0 unspecified atom stereocenters. The third kappa shape index (κ3) is 4.82. The minimum atomic E-state index is -0.335. The zero-order valence-electron chi connectivity index (χ0n) is 13.1. The normalized spacial score (nSPS) is 12.3. The topological polar surface area (TPSA) is 49.3 Å². The van der Waals surface area contributed by atoms with Crippen LogP contribution in [0.5, 0.6) is 5.75 Å². The predicted octanol–water partition coefficient (Wildman–Crippen LogP) is 4.41. The smallest absolute Gasteiger partial charge is 0.255 e. The van der Waals surface area contributed by atoms with Gasteiger partial charge < -0.3 is 10.4 Å². The van der Waals surface area contributed by atoms with Gasteiger partial charge in [0.05, 0.1) is 5.56 Å². The quantitative estimate of drug-likeness (QED) is 0.855. The van der Waals surface area contributed by atoms with E-state index in [1.807, 2.05) is 13.8 Å². The van der Waals surface area contributed by atoms with Crippen molar-refractivity contribution in [3.63, 3.8) is 0 Å². The first-order chi connectivity index (χ1) is 8.91. The molecule has 0 aliphatic carbocycles. The number of aromatic hydroxyl groups is 1. The van der Waals surface area contributed by atoms with E-state index >= 15 is 0 Å². The van der Waals surface area contributed by atoms with E-state index in [2.05, 4.69) is 42.0 Å². The SMILES string of the molecule is Cc1cc(Br)cc(C(=O)NC(C)(C)CC(C)(C)C)c1O. The van der Waals surface area contributed by atoms with Crippen molar-refractivity contribution in [1.29, 1.82) is 0 Å². The highest BCUT2D eigenvalue weighted by molar-refractivity contribution is 9.10. The first-order valence-electron chi connectivity index (χ1n) is 6.73. The lowest BCUT2D eigenvalue weighted by molar-refractivity contribution is 0.0888. The van der Waals surface area contributed by atoms with Gasteiger partial charge in [-0.1, -0.05) is 36.7 Å².